The van der Waals surface area contributed by atoms with Crippen molar-refractivity contribution in [2.45, 2.75) is 38.5 Å². The largest absolute Gasteiger partial charge is 0.390 e. The second-order valence-electron chi connectivity index (χ2n) is 7.37. The van der Waals surface area contributed by atoms with Gasteiger partial charge in [-0.15, -0.1) is 24.0 Å². The number of sulfone groups is 1. The fraction of sp³-hybridized carbons (Fsp3) is 0.632. The predicted molar refractivity (Wildman–Crippen MR) is 123 cm³/mol. The van der Waals surface area contributed by atoms with E-state index in [1.54, 1.807) is 0 Å². The first kappa shape index (κ1) is 23.4. The molecule has 3 N–H and O–H groups in total. The minimum atomic E-state index is -2.93. The molecule has 1 fully saturated rings. The number of nitrogens with zero attached hydrogens (tertiary/aromatic N) is 2. The molecule has 9 heteroatoms. The lowest BCUT2D eigenvalue weighted by Crippen LogP contribution is -2.45. The van der Waals surface area contributed by atoms with Gasteiger partial charge in [0.25, 0.3) is 0 Å². The van der Waals surface area contributed by atoms with Crippen LogP contribution in [-0.2, 0) is 22.8 Å². The first-order valence-electron chi connectivity index (χ1n) is 9.67. The SMILES string of the molecule is CCNC(=NCC(O)CN1CCc2ccccc2C1)NC1CCS(=O)(=O)C1.I. The molecule has 0 radical (unpaired) electrons. The van der Waals surface area contributed by atoms with Crippen LogP contribution in [0.1, 0.15) is 24.5 Å². The molecule has 2 unspecified atom stereocenters. The van der Waals surface area contributed by atoms with Crippen LogP contribution in [0.4, 0.5) is 0 Å². The van der Waals surface area contributed by atoms with E-state index in [1.807, 2.05) is 6.92 Å². The van der Waals surface area contributed by atoms with Gasteiger partial charge in [-0.05, 0) is 30.9 Å². The molecular weight excluding hydrogens is 491 g/mol. The first-order chi connectivity index (χ1) is 12.9. The fourth-order valence-corrected chi connectivity index (χ4v) is 5.36. The Morgan fingerprint density at radius 3 is 2.79 bits per heavy atom. The van der Waals surface area contributed by atoms with Gasteiger partial charge in [-0.25, -0.2) is 8.42 Å². The lowest BCUT2D eigenvalue weighted by Gasteiger charge is -2.30. The topological polar surface area (TPSA) is 94.0 Å². The normalized spacial score (nSPS) is 22.8. The summed E-state index contributed by atoms with van der Waals surface area (Å²) in [6.07, 6.45) is 1.05. The van der Waals surface area contributed by atoms with Gasteiger partial charge in [0.2, 0.25) is 0 Å². The zero-order valence-electron chi connectivity index (χ0n) is 16.3. The summed E-state index contributed by atoms with van der Waals surface area (Å²) in [5.74, 6) is 0.943. The maximum absolute atomic E-state index is 11.6. The molecule has 28 heavy (non-hydrogen) atoms. The van der Waals surface area contributed by atoms with Crippen LogP contribution in [0.5, 0.6) is 0 Å². The summed E-state index contributed by atoms with van der Waals surface area (Å²) in [5.41, 5.74) is 2.73. The van der Waals surface area contributed by atoms with Gasteiger partial charge < -0.3 is 15.7 Å². The van der Waals surface area contributed by atoms with Crippen molar-refractivity contribution < 1.29 is 13.5 Å². The molecule has 0 bridgehead atoms. The molecule has 2 aliphatic heterocycles. The quantitative estimate of drug-likeness (QED) is 0.291. The summed E-state index contributed by atoms with van der Waals surface area (Å²) in [7, 11) is -2.93. The van der Waals surface area contributed by atoms with Crippen LogP contribution in [0.15, 0.2) is 29.3 Å². The van der Waals surface area contributed by atoms with Gasteiger partial charge in [0.15, 0.2) is 15.8 Å². The number of guanidine groups is 1. The van der Waals surface area contributed by atoms with Crippen molar-refractivity contribution >= 4 is 39.8 Å². The number of rotatable bonds is 6. The Hall–Kier alpha value is -0.910. The van der Waals surface area contributed by atoms with Gasteiger partial charge in [-0.1, -0.05) is 24.3 Å². The highest BCUT2D eigenvalue weighted by Crippen LogP contribution is 2.18. The number of hydrogen-bond donors (Lipinski definition) is 3. The molecule has 1 saturated heterocycles. The number of fused-ring (bicyclic) bond motifs is 1. The average Bonchev–Trinajstić information content (AvgIpc) is 2.98. The van der Waals surface area contributed by atoms with Crippen molar-refractivity contribution in [1.82, 2.24) is 15.5 Å². The van der Waals surface area contributed by atoms with E-state index < -0.39 is 15.9 Å². The highest BCUT2D eigenvalue weighted by Gasteiger charge is 2.28. The summed E-state index contributed by atoms with van der Waals surface area (Å²) in [6.45, 7) is 5.31. The van der Waals surface area contributed by atoms with Crippen LogP contribution in [0.3, 0.4) is 0 Å². The molecule has 2 atom stereocenters. The van der Waals surface area contributed by atoms with Crippen molar-refractivity contribution in [2.24, 2.45) is 4.99 Å². The monoisotopic (exact) mass is 522 g/mol. The van der Waals surface area contributed by atoms with E-state index in [0.29, 0.717) is 25.5 Å². The number of aliphatic hydroxyl groups excluding tert-OH is 1. The molecule has 0 saturated carbocycles. The number of halogens is 1. The summed E-state index contributed by atoms with van der Waals surface area (Å²) in [4.78, 5) is 6.71. The molecular formula is C19H31IN4O3S. The van der Waals surface area contributed by atoms with Crippen LogP contribution in [0.2, 0.25) is 0 Å². The third-order valence-corrected chi connectivity index (χ3v) is 6.82. The minimum absolute atomic E-state index is 0. The van der Waals surface area contributed by atoms with Crippen molar-refractivity contribution in [2.75, 3.05) is 37.7 Å². The molecule has 7 nitrogen and oxygen atoms in total. The summed E-state index contributed by atoms with van der Waals surface area (Å²) in [5, 5.41) is 16.7. The van der Waals surface area contributed by atoms with E-state index in [0.717, 1.165) is 19.5 Å². The Bertz CT molecular complexity index is 772. The third kappa shape index (κ3) is 6.85. The molecule has 3 rings (SSSR count). The maximum Gasteiger partial charge on any atom is 0.191 e. The summed E-state index contributed by atoms with van der Waals surface area (Å²) < 4.78 is 23.2. The lowest BCUT2D eigenvalue weighted by molar-refractivity contribution is 0.111. The van der Waals surface area contributed by atoms with E-state index in [4.69, 9.17) is 0 Å². The molecule has 0 aromatic heterocycles. The zero-order valence-corrected chi connectivity index (χ0v) is 19.4. The maximum atomic E-state index is 11.6. The minimum Gasteiger partial charge on any atom is -0.390 e. The fourth-order valence-electron chi connectivity index (χ4n) is 3.68. The number of benzene rings is 1. The average molecular weight is 522 g/mol. The molecule has 2 aliphatic rings. The van der Waals surface area contributed by atoms with Crippen molar-refractivity contribution in [1.29, 1.82) is 0 Å². The van der Waals surface area contributed by atoms with Gasteiger partial charge in [0.1, 0.15) is 0 Å². The summed E-state index contributed by atoms with van der Waals surface area (Å²) >= 11 is 0. The van der Waals surface area contributed by atoms with Gasteiger partial charge in [0, 0.05) is 32.2 Å². The van der Waals surface area contributed by atoms with Gasteiger partial charge in [-0.3, -0.25) is 9.89 Å². The van der Waals surface area contributed by atoms with Gasteiger partial charge in [0.05, 0.1) is 24.2 Å². The van der Waals surface area contributed by atoms with Crippen LogP contribution in [0, 0.1) is 0 Å². The van der Waals surface area contributed by atoms with Crippen molar-refractivity contribution in [3.05, 3.63) is 35.4 Å². The van der Waals surface area contributed by atoms with E-state index in [-0.39, 0.29) is 48.1 Å². The van der Waals surface area contributed by atoms with Crippen LogP contribution >= 0.6 is 24.0 Å². The summed E-state index contributed by atoms with van der Waals surface area (Å²) in [6, 6.07) is 8.34. The molecule has 0 aliphatic carbocycles. The van der Waals surface area contributed by atoms with E-state index >= 15 is 0 Å². The standard InChI is InChI=1S/C19H30N4O3S.HI/c1-2-20-19(22-17-8-10-27(25,26)14-17)21-11-18(24)13-23-9-7-15-5-3-4-6-16(15)12-23;/h3-6,17-18,24H,2,7-14H2,1H3,(H2,20,21,22);1H. The molecule has 1 aromatic carbocycles. The number of nitrogens with one attached hydrogen (secondary N) is 2. The van der Waals surface area contributed by atoms with Crippen LogP contribution < -0.4 is 10.6 Å². The Morgan fingerprint density at radius 1 is 1.36 bits per heavy atom. The molecule has 0 spiro atoms. The van der Waals surface area contributed by atoms with Crippen molar-refractivity contribution in [3.8, 4) is 0 Å². The number of aliphatic hydroxyl groups is 1. The van der Waals surface area contributed by atoms with Crippen molar-refractivity contribution in [3.63, 3.8) is 0 Å². The van der Waals surface area contributed by atoms with E-state index in [9.17, 15) is 13.5 Å². The second-order valence-corrected chi connectivity index (χ2v) is 9.60. The Labute approximate surface area is 184 Å². The lowest BCUT2D eigenvalue weighted by atomic mass is 10.00. The van der Waals surface area contributed by atoms with Crippen LogP contribution in [-0.4, -0.2) is 74.2 Å². The molecule has 2 heterocycles. The smallest absolute Gasteiger partial charge is 0.191 e. The highest BCUT2D eigenvalue weighted by atomic mass is 127. The van der Waals surface area contributed by atoms with E-state index in [2.05, 4.69) is 44.8 Å². The number of hydrogen-bond acceptors (Lipinski definition) is 5. The number of aliphatic imine (C=N–C) groups is 1. The van der Waals surface area contributed by atoms with E-state index in [1.165, 1.54) is 11.1 Å². The van der Waals surface area contributed by atoms with Gasteiger partial charge >= 0.3 is 0 Å². The Balaban J connectivity index is 0.00000280. The number of β-amino-alcohol motifs (C(OH)–C–C–N with tert-alkyl or cyclic N) is 1. The molecule has 0 amide bonds. The van der Waals surface area contributed by atoms with Gasteiger partial charge in [-0.2, -0.15) is 0 Å². The highest BCUT2D eigenvalue weighted by molar-refractivity contribution is 14.0. The third-order valence-electron chi connectivity index (χ3n) is 5.06. The Kier molecular flexibility index (Phi) is 8.97. The first-order valence-corrected chi connectivity index (χ1v) is 11.5. The van der Waals surface area contributed by atoms with Crippen LogP contribution in [0.25, 0.3) is 0 Å². The molecule has 1 aromatic rings. The Morgan fingerprint density at radius 2 is 2.11 bits per heavy atom. The zero-order chi connectivity index (χ0) is 19.3. The molecule has 158 valence electrons. The second kappa shape index (κ2) is 10.7. The predicted octanol–water partition coefficient (Wildman–Crippen LogP) is 0.766.